The highest BCUT2D eigenvalue weighted by Gasteiger charge is 2.50. The second-order valence-corrected chi connectivity index (χ2v) is 15.9. The Morgan fingerprint density at radius 3 is 2.30 bits per heavy atom. The van der Waals surface area contributed by atoms with Crippen LogP contribution < -0.4 is 15.9 Å². The van der Waals surface area contributed by atoms with Crippen LogP contribution in [0.1, 0.15) is 33.9 Å². The number of aliphatic imine (C=N–C) groups is 1. The molecule has 0 saturated carbocycles. The molecular weight excluding hydrogens is 564 g/mol. The number of fused-ring (bicyclic) bond motifs is 1. The van der Waals surface area contributed by atoms with Crippen LogP contribution in [0, 0.1) is 0 Å². The van der Waals surface area contributed by atoms with Crippen molar-refractivity contribution in [2.75, 3.05) is 20.7 Å². The highest BCUT2D eigenvalue weighted by atomic mass is 28.4. The maximum atomic E-state index is 12.8. The Morgan fingerprint density at radius 1 is 1.12 bits per heavy atom. The summed E-state index contributed by atoms with van der Waals surface area (Å²) in [5, 5.41) is 2.03. The van der Waals surface area contributed by atoms with Gasteiger partial charge in [-0.1, -0.05) is 81.4 Å². The first-order valence-corrected chi connectivity index (χ1v) is 15.9. The van der Waals surface area contributed by atoms with E-state index >= 15 is 0 Å². The van der Waals surface area contributed by atoms with Crippen molar-refractivity contribution < 1.29 is 18.7 Å². The molecule has 4 aromatic rings. The first-order chi connectivity index (χ1) is 20.5. The summed E-state index contributed by atoms with van der Waals surface area (Å²) in [6.45, 7) is 8.08. The Labute approximate surface area is 251 Å². The molecule has 0 fully saturated rings. The third kappa shape index (κ3) is 6.01. The van der Waals surface area contributed by atoms with Crippen LogP contribution in [0.3, 0.4) is 0 Å². The number of hydrogen-bond acceptors (Lipinski definition) is 8. The molecule has 11 nitrogen and oxygen atoms in total. The Bertz CT molecular complexity index is 1670. The number of carbonyl (C=O) groups excluding carboxylic acids is 1. The topological polar surface area (TPSA) is 124 Å². The Hall–Kier alpha value is -4.55. The molecule has 1 aliphatic heterocycles. The summed E-state index contributed by atoms with van der Waals surface area (Å²) in [6, 6.07) is 20.6. The minimum absolute atomic E-state index is 0.109. The van der Waals surface area contributed by atoms with Gasteiger partial charge in [0.15, 0.2) is 17.3 Å². The van der Waals surface area contributed by atoms with Gasteiger partial charge in [0.05, 0.1) is 12.9 Å². The number of rotatable bonds is 9. The molecule has 5 rings (SSSR count). The standard InChI is InChI=1S/C31H36N6O5Si/c1-21(38)41-25-17-22(42-29(25)37-20-32-26-27(37)34-30(35-28(26)39)33-19-36(5)6)18-40-43(31(2,3)4,23-13-9-7-10-14-23)24-15-11-8-12-16-24/h7-17,19-20,25,29H,18H2,1-6H3,(H,34,35,39)/b33-19+/t25-,29-/m1/s1. The lowest BCUT2D eigenvalue weighted by molar-refractivity contribution is -0.150. The Kier molecular flexibility index (Phi) is 8.33. The largest absolute Gasteiger partial charge is 0.468 e. The van der Waals surface area contributed by atoms with E-state index in [9.17, 15) is 9.59 Å². The second kappa shape index (κ2) is 12.0. The van der Waals surface area contributed by atoms with Gasteiger partial charge in [-0.05, 0) is 15.4 Å². The molecule has 43 heavy (non-hydrogen) atoms. The Morgan fingerprint density at radius 2 is 1.74 bits per heavy atom. The predicted octanol–water partition coefficient (Wildman–Crippen LogP) is 3.26. The van der Waals surface area contributed by atoms with E-state index in [4.69, 9.17) is 13.9 Å². The van der Waals surface area contributed by atoms with E-state index in [2.05, 4.69) is 65.0 Å². The number of nitrogens with zero attached hydrogens (tertiary/aromatic N) is 5. The zero-order valence-corrected chi connectivity index (χ0v) is 26.1. The van der Waals surface area contributed by atoms with Crippen LogP contribution in [-0.2, 0) is 18.7 Å². The average Bonchev–Trinajstić information content (AvgIpc) is 3.56. The average molecular weight is 601 g/mol. The summed E-state index contributed by atoms with van der Waals surface area (Å²) in [7, 11) is 0.754. The van der Waals surface area contributed by atoms with Gasteiger partial charge in [0.25, 0.3) is 13.9 Å². The monoisotopic (exact) mass is 600 g/mol. The molecule has 12 heteroatoms. The van der Waals surface area contributed by atoms with Crippen molar-refractivity contribution in [1.29, 1.82) is 0 Å². The fourth-order valence-corrected chi connectivity index (χ4v) is 9.90. The van der Waals surface area contributed by atoms with Crippen LogP contribution >= 0.6 is 0 Å². The van der Waals surface area contributed by atoms with Gasteiger partial charge in [0, 0.05) is 27.1 Å². The summed E-state index contributed by atoms with van der Waals surface area (Å²) in [5.74, 6) is 0.135. The van der Waals surface area contributed by atoms with Gasteiger partial charge in [-0.25, -0.2) is 9.98 Å². The second-order valence-electron chi connectivity index (χ2n) is 11.6. The van der Waals surface area contributed by atoms with Crippen LogP contribution in [-0.4, -0.2) is 71.9 Å². The molecule has 0 amide bonds. The molecular formula is C31H36N6O5Si. The summed E-state index contributed by atoms with van der Waals surface area (Å²) in [6.07, 6.45) is 3.07. The molecule has 0 saturated heterocycles. The van der Waals surface area contributed by atoms with Gasteiger partial charge in [-0.2, -0.15) is 4.98 Å². The molecule has 2 atom stereocenters. The van der Waals surface area contributed by atoms with E-state index in [0.717, 1.165) is 10.4 Å². The molecule has 0 radical (unpaired) electrons. The lowest BCUT2D eigenvalue weighted by atomic mass is 10.2. The highest BCUT2D eigenvalue weighted by Crippen LogP contribution is 2.38. The van der Waals surface area contributed by atoms with Crippen molar-refractivity contribution in [2.45, 2.75) is 45.1 Å². The minimum atomic E-state index is -2.86. The maximum Gasteiger partial charge on any atom is 0.303 e. The van der Waals surface area contributed by atoms with Crippen molar-refractivity contribution >= 4 is 48.1 Å². The van der Waals surface area contributed by atoms with Crippen molar-refractivity contribution in [3.63, 3.8) is 0 Å². The number of aromatic nitrogens is 4. The van der Waals surface area contributed by atoms with Crippen molar-refractivity contribution in [3.8, 4) is 0 Å². The van der Waals surface area contributed by atoms with Crippen molar-refractivity contribution in [2.24, 2.45) is 4.99 Å². The molecule has 224 valence electrons. The Balaban J connectivity index is 1.51. The number of H-pyrrole nitrogens is 1. The zero-order valence-electron chi connectivity index (χ0n) is 25.1. The van der Waals surface area contributed by atoms with Gasteiger partial charge < -0.3 is 18.8 Å². The van der Waals surface area contributed by atoms with Gasteiger partial charge >= 0.3 is 5.97 Å². The van der Waals surface area contributed by atoms with Crippen LogP contribution in [0.25, 0.3) is 11.2 Å². The van der Waals surface area contributed by atoms with Crippen LogP contribution in [0.2, 0.25) is 5.04 Å². The third-order valence-corrected chi connectivity index (χ3v) is 12.1. The van der Waals surface area contributed by atoms with Crippen LogP contribution in [0.15, 0.2) is 88.6 Å². The number of nitrogens with one attached hydrogen (secondary N) is 1. The van der Waals surface area contributed by atoms with Crippen molar-refractivity contribution in [1.82, 2.24) is 24.4 Å². The summed E-state index contributed by atoms with van der Waals surface area (Å²) in [4.78, 5) is 42.2. The molecule has 0 unspecified atom stereocenters. The van der Waals surface area contributed by atoms with Gasteiger partial charge in [-0.15, -0.1) is 0 Å². The SMILES string of the molecule is CC(=O)O[C@@H]1C=C(CO[Si](c2ccccc2)(c2ccccc2)C(C)(C)C)O[C@H]1n1cnc2c(=O)[nH]c(/N=C/N(C)C)nc21. The van der Waals surface area contributed by atoms with Crippen LogP contribution in [0.4, 0.5) is 5.95 Å². The number of hydrogen-bond donors (Lipinski definition) is 1. The third-order valence-electron chi connectivity index (χ3n) is 7.16. The van der Waals surface area contributed by atoms with E-state index in [-0.39, 0.29) is 28.8 Å². The quantitative estimate of drug-likeness (QED) is 0.134. The number of aromatic amines is 1. The molecule has 1 aliphatic rings. The number of imidazole rings is 1. The van der Waals surface area contributed by atoms with Gasteiger partial charge in [0.2, 0.25) is 12.2 Å². The molecule has 3 heterocycles. The molecule has 0 spiro atoms. The lowest BCUT2D eigenvalue weighted by Crippen LogP contribution is -2.66. The van der Waals surface area contributed by atoms with Gasteiger partial charge in [0.1, 0.15) is 12.1 Å². The van der Waals surface area contributed by atoms with Crippen LogP contribution in [0.5, 0.6) is 0 Å². The summed E-state index contributed by atoms with van der Waals surface area (Å²) in [5.41, 5.74) is -0.0785. The molecule has 1 N–H and O–H groups in total. The normalized spacial score (nSPS) is 17.2. The van der Waals surface area contributed by atoms with Gasteiger partial charge in [-0.3, -0.25) is 19.1 Å². The smallest absolute Gasteiger partial charge is 0.303 e. The zero-order chi connectivity index (χ0) is 30.8. The highest BCUT2D eigenvalue weighted by molar-refractivity contribution is 6.99. The molecule has 2 aromatic carbocycles. The lowest BCUT2D eigenvalue weighted by Gasteiger charge is -2.43. The fraction of sp³-hybridized carbons (Fsp3) is 0.323. The molecule has 0 aliphatic carbocycles. The number of ether oxygens (including phenoxy) is 2. The number of carbonyl (C=O) groups is 1. The number of benzene rings is 2. The summed E-state index contributed by atoms with van der Waals surface area (Å²) < 4.78 is 20.7. The van der Waals surface area contributed by atoms with E-state index in [0.29, 0.717) is 5.76 Å². The van der Waals surface area contributed by atoms with E-state index in [1.165, 1.54) is 19.6 Å². The fourth-order valence-electron chi connectivity index (χ4n) is 5.38. The summed E-state index contributed by atoms with van der Waals surface area (Å²) >= 11 is 0. The predicted molar refractivity (Wildman–Crippen MR) is 167 cm³/mol. The minimum Gasteiger partial charge on any atom is -0.468 e. The first kappa shape index (κ1) is 29.9. The molecule has 0 bridgehead atoms. The van der Waals surface area contributed by atoms with E-state index < -0.39 is 32.2 Å². The van der Waals surface area contributed by atoms with Crippen molar-refractivity contribution in [3.05, 3.63) is 89.2 Å². The van der Waals surface area contributed by atoms with E-state index in [1.807, 2.05) is 50.5 Å². The maximum absolute atomic E-state index is 12.8. The number of esters is 1. The first-order valence-electron chi connectivity index (χ1n) is 14.0. The molecule has 2 aromatic heterocycles. The van der Waals surface area contributed by atoms with E-state index in [1.54, 1.807) is 15.5 Å².